The third-order valence-corrected chi connectivity index (χ3v) is 8.56. The van der Waals surface area contributed by atoms with Gasteiger partial charge in [0.15, 0.2) is 0 Å². The van der Waals surface area contributed by atoms with Crippen molar-refractivity contribution < 1.29 is 40.7 Å². The van der Waals surface area contributed by atoms with Crippen LogP contribution in [0.25, 0.3) is 0 Å². The molecule has 0 aromatic heterocycles. The zero-order valence-electron chi connectivity index (χ0n) is 27.8. The molecule has 2 aliphatic rings. The second-order valence-electron chi connectivity index (χ2n) is 12.1. The van der Waals surface area contributed by atoms with Crippen LogP contribution in [0.5, 0.6) is 5.75 Å². The number of rotatable bonds is 3. The Kier molecular flexibility index (Phi) is 14.5. The first-order chi connectivity index (χ1) is 23.7. The third-order valence-electron chi connectivity index (χ3n) is 7.58. The quantitative estimate of drug-likeness (QED) is 0.181. The number of carbonyl (C=O) groups is 2. The SMILES string of the molecule is C.C.CC(C)C#CC1(C(F)(F)F)NC(=O)Nc2cc(Br)ccc21.COc1ccc(CN2C(=O)NC(C#CC(C)C)(C(F)(F)F)c3ccc(Br)cc32)cc1. The highest BCUT2D eigenvalue weighted by Crippen LogP contribution is 2.47. The van der Waals surface area contributed by atoms with Crippen LogP contribution in [-0.4, -0.2) is 31.5 Å². The number of nitrogens with one attached hydrogen (secondary N) is 3. The van der Waals surface area contributed by atoms with E-state index in [1.165, 1.54) is 48.4 Å². The normalized spacial score (nSPS) is 18.7. The smallest absolute Gasteiger partial charge is 0.427 e. The van der Waals surface area contributed by atoms with Crippen molar-refractivity contribution in [3.63, 3.8) is 0 Å². The van der Waals surface area contributed by atoms with Crippen molar-refractivity contribution in [2.24, 2.45) is 11.8 Å². The first kappa shape index (κ1) is 44.8. The number of benzene rings is 3. The molecule has 0 saturated heterocycles. The van der Waals surface area contributed by atoms with Gasteiger partial charge in [0.25, 0.3) is 0 Å². The van der Waals surface area contributed by atoms with Gasteiger partial charge in [-0.2, -0.15) is 26.3 Å². The molecule has 3 aromatic carbocycles. The first-order valence-corrected chi connectivity index (χ1v) is 16.9. The van der Waals surface area contributed by atoms with Crippen LogP contribution >= 0.6 is 31.9 Å². The van der Waals surface area contributed by atoms with Gasteiger partial charge in [0.1, 0.15) is 5.75 Å². The molecule has 0 radical (unpaired) electrons. The van der Waals surface area contributed by atoms with E-state index in [-0.39, 0.29) is 55.7 Å². The minimum absolute atomic E-state index is 0. The van der Waals surface area contributed by atoms with Gasteiger partial charge < -0.3 is 20.7 Å². The second-order valence-corrected chi connectivity index (χ2v) is 14.0. The van der Waals surface area contributed by atoms with Crippen LogP contribution in [0.3, 0.4) is 0 Å². The standard InChI is InChI=1S/C22H20BrF3N2O2.C14H12BrF3N2O.2CH4/c1-14(2)10-11-21(22(24,25)26)18-9-6-16(23)12-19(18)28(20(29)27-21)13-15-4-7-17(30-3)8-5-15;1-8(2)5-6-13(14(16,17)18)10-4-3-9(15)7-11(10)19-12(21)20-13;;/h4-9,12,14H,13H2,1-3H3,(H,27,29);3-4,7-8H,1-2H3,(H2,19,20,21);2*1H4. The topological polar surface area (TPSA) is 82.7 Å². The van der Waals surface area contributed by atoms with Crippen molar-refractivity contribution in [3.05, 3.63) is 86.3 Å². The number of anilines is 2. The summed E-state index contributed by atoms with van der Waals surface area (Å²) in [6.07, 6.45) is -9.55. The summed E-state index contributed by atoms with van der Waals surface area (Å²) >= 11 is 6.47. The molecule has 2 heterocycles. The maximum Gasteiger partial charge on any atom is 0.427 e. The Balaban J connectivity index is 0.000000374. The Morgan fingerprint density at radius 2 is 1.25 bits per heavy atom. The molecule has 2 unspecified atom stereocenters. The van der Waals surface area contributed by atoms with Crippen LogP contribution in [0.4, 0.5) is 47.3 Å². The van der Waals surface area contributed by atoms with Gasteiger partial charge >= 0.3 is 24.4 Å². The third kappa shape index (κ3) is 9.61. The van der Waals surface area contributed by atoms with E-state index in [4.69, 9.17) is 4.74 Å². The van der Waals surface area contributed by atoms with E-state index < -0.39 is 35.5 Å². The molecule has 2 atom stereocenters. The van der Waals surface area contributed by atoms with Gasteiger partial charge in [-0.15, -0.1) is 0 Å². The summed E-state index contributed by atoms with van der Waals surface area (Å²) in [6.45, 7) is 6.84. The van der Waals surface area contributed by atoms with E-state index in [2.05, 4.69) is 66.2 Å². The Labute approximate surface area is 322 Å². The number of nitrogens with zero attached hydrogens (tertiary/aromatic N) is 1. The fourth-order valence-corrected chi connectivity index (χ4v) is 5.86. The summed E-state index contributed by atoms with van der Waals surface area (Å²) in [5.74, 6) is 9.73. The lowest BCUT2D eigenvalue weighted by Crippen LogP contribution is -2.62. The Hall–Kier alpha value is -4.34. The maximum atomic E-state index is 14.3. The van der Waals surface area contributed by atoms with E-state index in [0.29, 0.717) is 14.7 Å². The molecular formula is C38H40Br2F6N4O3. The highest BCUT2D eigenvalue weighted by molar-refractivity contribution is 9.10. The van der Waals surface area contributed by atoms with E-state index in [0.717, 1.165) is 5.56 Å². The molecule has 0 bridgehead atoms. The predicted octanol–water partition coefficient (Wildman–Crippen LogP) is 10.9. The van der Waals surface area contributed by atoms with Crippen LogP contribution < -0.4 is 25.6 Å². The molecule has 2 aliphatic heterocycles. The Morgan fingerprint density at radius 3 is 1.74 bits per heavy atom. The number of hydrogen-bond acceptors (Lipinski definition) is 3. The lowest BCUT2D eigenvalue weighted by Gasteiger charge is -2.42. The molecule has 3 aromatic rings. The molecular weight excluding hydrogens is 834 g/mol. The van der Waals surface area contributed by atoms with Crippen molar-refractivity contribution in [2.75, 3.05) is 17.3 Å². The lowest BCUT2D eigenvalue weighted by molar-refractivity contribution is -0.179. The summed E-state index contributed by atoms with van der Waals surface area (Å²) in [5.41, 5.74) is -4.73. The number of hydrogen-bond donors (Lipinski definition) is 3. The molecule has 5 rings (SSSR count). The minimum atomic E-state index is -4.81. The number of halogens is 8. The summed E-state index contributed by atoms with van der Waals surface area (Å²) in [4.78, 5) is 25.8. The van der Waals surface area contributed by atoms with Gasteiger partial charge in [-0.05, 0) is 42.0 Å². The summed E-state index contributed by atoms with van der Waals surface area (Å²) in [7, 11) is 1.54. The molecule has 0 spiro atoms. The number of urea groups is 2. The largest absolute Gasteiger partial charge is 0.497 e. The molecule has 4 amide bonds. The fourth-order valence-electron chi connectivity index (χ4n) is 5.15. The highest BCUT2D eigenvalue weighted by atomic mass is 79.9. The Morgan fingerprint density at radius 1 is 0.755 bits per heavy atom. The zero-order valence-corrected chi connectivity index (χ0v) is 31.0. The zero-order chi connectivity index (χ0) is 37.9. The van der Waals surface area contributed by atoms with Crippen LogP contribution in [0.15, 0.2) is 69.6 Å². The van der Waals surface area contributed by atoms with Gasteiger partial charge in [-0.25, -0.2) is 9.59 Å². The first-order valence-electron chi connectivity index (χ1n) is 15.3. The van der Waals surface area contributed by atoms with Gasteiger partial charge in [0, 0.05) is 31.9 Å². The van der Waals surface area contributed by atoms with E-state index >= 15 is 0 Å². The van der Waals surface area contributed by atoms with Crippen molar-refractivity contribution in [1.29, 1.82) is 0 Å². The molecule has 0 saturated carbocycles. The van der Waals surface area contributed by atoms with E-state index in [9.17, 15) is 35.9 Å². The monoisotopic (exact) mass is 872 g/mol. The van der Waals surface area contributed by atoms with Crippen molar-refractivity contribution in [1.82, 2.24) is 10.6 Å². The van der Waals surface area contributed by atoms with Gasteiger partial charge in [-0.3, -0.25) is 4.90 Å². The van der Waals surface area contributed by atoms with Crippen molar-refractivity contribution >= 4 is 55.3 Å². The van der Waals surface area contributed by atoms with Crippen molar-refractivity contribution in [2.45, 2.75) is 72.5 Å². The molecule has 53 heavy (non-hydrogen) atoms. The van der Waals surface area contributed by atoms with Crippen LogP contribution in [-0.2, 0) is 17.6 Å². The molecule has 15 heteroatoms. The second kappa shape index (κ2) is 17.2. The molecule has 0 fully saturated rings. The molecule has 286 valence electrons. The summed E-state index contributed by atoms with van der Waals surface area (Å²) in [6, 6.07) is 13.7. The molecule has 7 nitrogen and oxygen atoms in total. The van der Waals surface area contributed by atoms with E-state index in [1.54, 1.807) is 52.0 Å². The number of alkyl halides is 6. The summed E-state index contributed by atoms with van der Waals surface area (Å²) < 4.78 is 90.0. The number of carbonyl (C=O) groups excluding carboxylic acids is 2. The molecule has 3 N–H and O–H groups in total. The number of methoxy groups -OCH3 is 1. The Bertz CT molecular complexity index is 1930. The van der Waals surface area contributed by atoms with Crippen molar-refractivity contribution in [3.8, 4) is 29.4 Å². The van der Waals surface area contributed by atoms with E-state index in [1.807, 2.05) is 5.32 Å². The van der Waals surface area contributed by atoms with Gasteiger partial charge in [-0.1, -0.05) is 122 Å². The lowest BCUT2D eigenvalue weighted by atomic mass is 9.85. The van der Waals surface area contributed by atoms with Gasteiger partial charge in [0.05, 0.1) is 25.0 Å². The average Bonchev–Trinajstić information content (AvgIpc) is 3.03. The highest BCUT2D eigenvalue weighted by Gasteiger charge is 2.61. The number of amides is 4. The average molecular weight is 875 g/mol. The number of fused-ring (bicyclic) bond motifs is 2. The van der Waals surface area contributed by atoms with Crippen LogP contribution in [0, 0.1) is 35.5 Å². The fraction of sp³-hybridized carbons (Fsp3) is 0.368. The van der Waals surface area contributed by atoms with Gasteiger partial charge in [0.2, 0.25) is 11.1 Å². The maximum absolute atomic E-state index is 14.3. The van der Waals surface area contributed by atoms with Crippen LogP contribution in [0.1, 0.15) is 59.2 Å². The molecule has 0 aliphatic carbocycles. The van der Waals surface area contributed by atoms with Crippen LogP contribution in [0.2, 0.25) is 0 Å². The number of ether oxygens (including phenoxy) is 1. The predicted molar refractivity (Wildman–Crippen MR) is 202 cm³/mol. The summed E-state index contributed by atoms with van der Waals surface area (Å²) in [5, 5.41) is 6.45. The minimum Gasteiger partial charge on any atom is -0.497 e.